The van der Waals surface area contributed by atoms with Gasteiger partial charge in [-0.1, -0.05) is 6.07 Å². The van der Waals surface area contributed by atoms with Crippen molar-refractivity contribution >= 4 is 17.7 Å². The van der Waals surface area contributed by atoms with Crippen LogP contribution < -0.4 is 9.64 Å². The van der Waals surface area contributed by atoms with Crippen LogP contribution in [0.5, 0.6) is 5.75 Å². The molecule has 1 aromatic heterocycles. The maximum atomic E-state index is 15.2. The van der Waals surface area contributed by atoms with Gasteiger partial charge < -0.3 is 23.8 Å². The topological polar surface area (TPSA) is 59.8 Å². The minimum atomic E-state index is -0.210. The van der Waals surface area contributed by atoms with Crippen LogP contribution in [0.2, 0.25) is 0 Å². The van der Waals surface area contributed by atoms with Crippen molar-refractivity contribution in [3.63, 3.8) is 0 Å². The Morgan fingerprint density at radius 2 is 1.95 bits per heavy atom. The Balaban J connectivity index is 1.24. The zero-order chi connectivity index (χ0) is 26.2. The number of likely N-dealkylation sites (tertiary alicyclic amines) is 1. The average Bonchev–Trinajstić information content (AvgIpc) is 3.55. The lowest BCUT2D eigenvalue weighted by atomic mass is 9.97. The summed E-state index contributed by atoms with van der Waals surface area (Å²) in [6, 6.07) is 9.52. The van der Waals surface area contributed by atoms with Gasteiger partial charge in [-0.2, -0.15) is 0 Å². The van der Waals surface area contributed by atoms with Crippen LogP contribution in [0.4, 0.5) is 10.1 Å². The number of hydrogen-bond donors (Lipinski definition) is 0. The van der Waals surface area contributed by atoms with Crippen molar-refractivity contribution < 1.29 is 18.7 Å². The average molecular weight is 517 g/mol. The van der Waals surface area contributed by atoms with Crippen molar-refractivity contribution in [1.82, 2.24) is 14.5 Å². The third-order valence-electron chi connectivity index (χ3n) is 7.90. The van der Waals surface area contributed by atoms with E-state index in [2.05, 4.69) is 9.88 Å². The summed E-state index contributed by atoms with van der Waals surface area (Å²) < 4.78 is 28.3. The molecule has 3 aliphatic rings. The molecule has 0 N–H and O–H groups in total. The molecule has 6 rings (SSSR count). The first kappa shape index (κ1) is 24.7. The van der Waals surface area contributed by atoms with E-state index in [1.54, 1.807) is 19.5 Å². The quantitative estimate of drug-likeness (QED) is 0.454. The first-order valence-corrected chi connectivity index (χ1v) is 13.4. The summed E-state index contributed by atoms with van der Waals surface area (Å²) in [5.74, 6) is 0.547. The monoisotopic (exact) mass is 516 g/mol. The van der Waals surface area contributed by atoms with E-state index in [0.29, 0.717) is 44.3 Å². The molecular weight excluding hydrogens is 483 g/mol. The number of piperidine rings is 1. The number of hydrogen-bond acceptors (Lipinski definition) is 5. The van der Waals surface area contributed by atoms with Crippen LogP contribution in [0.1, 0.15) is 47.7 Å². The summed E-state index contributed by atoms with van der Waals surface area (Å²) in [6.07, 6.45) is 8.98. The number of halogens is 1. The van der Waals surface area contributed by atoms with Gasteiger partial charge in [-0.15, -0.1) is 0 Å². The lowest BCUT2D eigenvalue weighted by Crippen LogP contribution is -2.39. The molecule has 0 radical (unpaired) electrons. The van der Waals surface area contributed by atoms with Crippen molar-refractivity contribution in [3.05, 3.63) is 76.6 Å². The van der Waals surface area contributed by atoms with Gasteiger partial charge in [0.25, 0.3) is 0 Å². The van der Waals surface area contributed by atoms with Crippen LogP contribution >= 0.6 is 0 Å². The fraction of sp³-hybridized carbons (Fsp3) is 0.400. The van der Waals surface area contributed by atoms with E-state index in [-0.39, 0.29) is 17.8 Å². The number of carbonyl (C=O) groups is 1. The number of fused-ring (bicyclic) bond motifs is 1. The van der Waals surface area contributed by atoms with E-state index < -0.39 is 0 Å². The summed E-state index contributed by atoms with van der Waals surface area (Å²) in [4.78, 5) is 22.0. The van der Waals surface area contributed by atoms with E-state index in [1.165, 1.54) is 0 Å². The predicted molar refractivity (Wildman–Crippen MR) is 144 cm³/mol. The van der Waals surface area contributed by atoms with Crippen LogP contribution in [-0.2, 0) is 16.0 Å². The maximum absolute atomic E-state index is 15.2. The van der Waals surface area contributed by atoms with Crippen LogP contribution in [0, 0.1) is 12.7 Å². The van der Waals surface area contributed by atoms with Gasteiger partial charge in [0.2, 0.25) is 5.91 Å². The molecule has 2 fully saturated rings. The molecule has 0 saturated carbocycles. The van der Waals surface area contributed by atoms with Gasteiger partial charge in [0.15, 0.2) is 0 Å². The molecule has 2 aromatic carbocycles. The van der Waals surface area contributed by atoms with Crippen LogP contribution in [0.3, 0.4) is 0 Å². The number of rotatable bonds is 5. The first-order chi connectivity index (χ1) is 18.5. The van der Waals surface area contributed by atoms with Crippen molar-refractivity contribution in [2.24, 2.45) is 0 Å². The molecule has 198 valence electrons. The number of benzene rings is 2. The molecular formula is C30H33FN4O3. The van der Waals surface area contributed by atoms with Gasteiger partial charge >= 0.3 is 0 Å². The fourth-order valence-electron chi connectivity index (χ4n) is 5.98. The molecule has 7 nitrogen and oxygen atoms in total. The van der Waals surface area contributed by atoms with Crippen molar-refractivity contribution in [2.45, 2.75) is 38.6 Å². The highest BCUT2D eigenvalue weighted by Crippen LogP contribution is 2.41. The van der Waals surface area contributed by atoms with Crippen molar-refractivity contribution in [1.29, 1.82) is 0 Å². The second-order valence-electron chi connectivity index (χ2n) is 10.3. The maximum Gasteiger partial charge on any atom is 0.250 e. The largest absolute Gasteiger partial charge is 0.495 e. The Morgan fingerprint density at radius 1 is 1.11 bits per heavy atom. The van der Waals surface area contributed by atoms with Gasteiger partial charge in [0.05, 0.1) is 49.8 Å². The first-order valence-electron chi connectivity index (χ1n) is 13.4. The summed E-state index contributed by atoms with van der Waals surface area (Å²) in [6.45, 7) is 5.28. The van der Waals surface area contributed by atoms with E-state index in [1.807, 2.05) is 52.9 Å². The van der Waals surface area contributed by atoms with Crippen molar-refractivity contribution in [3.8, 4) is 11.4 Å². The molecule has 8 heteroatoms. The normalized spacial score (nSPS) is 20.8. The molecule has 2 saturated heterocycles. The number of methoxy groups -OCH3 is 1. The highest BCUT2D eigenvalue weighted by atomic mass is 19.1. The fourth-order valence-corrected chi connectivity index (χ4v) is 5.98. The van der Waals surface area contributed by atoms with E-state index in [0.717, 1.165) is 59.3 Å². The zero-order valence-electron chi connectivity index (χ0n) is 22.0. The highest BCUT2D eigenvalue weighted by molar-refractivity contribution is 5.99. The Hall–Kier alpha value is -3.65. The second-order valence-corrected chi connectivity index (χ2v) is 10.3. The second kappa shape index (κ2) is 10.3. The molecule has 3 heterocycles. The third-order valence-corrected chi connectivity index (χ3v) is 7.90. The Kier molecular flexibility index (Phi) is 6.66. The molecule has 0 unspecified atom stereocenters. The number of anilines is 1. The molecule has 1 aliphatic carbocycles. The van der Waals surface area contributed by atoms with Gasteiger partial charge in [0.1, 0.15) is 11.6 Å². The number of amides is 1. The third kappa shape index (κ3) is 4.58. The number of morpholine rings is 1. The Bertz CT molecular complexity index is 1390. The lowest BCUT2D eigenvalue weighted by Gasteiger charge is -2.34. The number of carbonyl (C=O) groups excluding carboxylic acids is 1. The predicted octanol–water partition coefficient (Wildman–Crippen LogP) is 4.86. The summed E-state index contributed by atoms with van der Waals surface area (Å²) in [5.41, 5.74) is 6.28. The van der Waals surface area contributed by atoms with Crippen LogP contribution in [-0.4, -0.2) is 60.3 Å². The van der Waals surface area contributed by atoms with Crippen LogP contribution in [0.25, 0.3) is 11.8 Å². The van der Waals surface area contributed by atoms with Gasteiger partial charge in [0, 0.05) is 31.4 Å². The molecule has 3 aromatic rings. The van der Waals surface area contributed by atoms with E-state index >= 15 is 4.39 Å². The summed E-state index contributed by atoms with van der Waals surface area (Å²) in [7, 11) is 1.65. The molecule has 0 bridgehead atoms. The number of aryl methyl sites for hydroxylation is 2. The highest BCUT2D eigenvalue weighted by Gasteiger charge is 2.35. The van der Waals surface area contributed by atoms with Gasteiger partial charge in [-0.3, -0.25) is 4.79 Å². The summed E-state index contributed by atoms with van der Waals surface area (Å²) in [5, 5.41) is 0. The summed E-state index contributed by atoms with van der Waals surface area (Å²) >= 11 is 0. The molecule has 1 atom stereocenters. The smallest absolute Gasteiger partial charge is 0.250 e. The minimum absolute atomic E-state index is 0.0417. The van der Waals surface area contributed by atoms with Gasteiger partial charge in [-0.05, 0) is 79.6 Å². The van der Waals surface area contributed by atoms with E-state index in [9.17, 15) is 4.79 Å². The molecule has 2 aliphatic heterocycles. The molecule has 0 spiro atoms. The van der Waals surface area contributed by atoms with E-state index in [4.69, 9.17) is 9.47 Å². The SMILES string of the molecule is COc1cc(C=C2CCCN([C@H]3CCc4cc(N5CCOCC5)c(F)cc43)C2=O)ccc1-n1cnc(C)c1. The number of aromatic nitrogens is 2. The van der Waals surface area contributed by atoms with Crippen LogP contribution in [0.15, 0.2) is 48.4 Å². The Labute approximate surface area is 222 Å². The minimum Gasteiger partial charge on any atom is -0.495 e. The number of imidazole rings is 1. The van der Waals surface area contributed by atoms with Gasteiger partial charge in [-0.25, -0.2) is 9.37 Å². The number of nitrogens with zero attached hydrogens (tertiary/aromatic N) is 4. The standard InChI is InChI=1S/C30H33FN4O3/c1-20-18-34(19-32-20)27-7-5-21(15-29(27)37-2)14-23-4-3-9-35(30(23)36)26-8-6-22-16-28(25(31)17-24(22)26)33-10-12-38-13-11-33/h5,7,14-19,26H,3-4,6,8-13H2,1-2H3/t26-/m0/s1. The molecule has 38 heavy (non-hydrogen) atoms. The lowest BCUT2D eigenvalue weighted by molar-refractivity contribution is -0.131. The number of ether oxygens (including phenoxy) is 2. The zero-order valence-corrected chi connectivity index (χ0v) is 22.0. The molecule has 1 amide bonds. The Morgan fingerprint density at radius 3 is 2.71 bits per heavy atom. The van der Waals surface area contributed by atoms with Crippen molar-refractivity contribution in [2.75, 3.05) is 44.9 Å².